The van der Waals surface area contributed by atoms with Crippen molar-refractivity contribution in [3.05, 3.63) is 52.7 Å². The van der Waals surface area contributed by atoms with Crippen LogP contribution in [0.15, 0.2) is 36.4 Å². The van der Waals surface area contributed by atoms with E-state index in [1.54, 1.807) is 12.1 Å². The number of para-hydroxylation sites is 1. The van der Waals surface area contributed by atoms with Gasteiger partial charge in [0.1, 0.15) is 11.3 Å². The number of carbonyl (C=O) groups excluding carboxylic acids is 1. The lowest BCUT2D eigenvalue weighted by Gasteiger charge is -2.10. The molecule has 0 spiro atoms. The minimum atomic E-state index is -0.560. The molecule has 0 aromatic heterocycles. The maximum absolute atomic E-state index is 12.0. The molecular weight excluding hydrogens is 585 g/mol. The Morgan fingerprint density at radius 3 is 2.21 bits per heavy atom. The maximum Gasteiger partial charge on any atom is 0.347 e. The summed E-state index contributed by atoms with van der Waals surface area (Å²) in [5, 5.41) is 9.64. The van der Waals surface area contributed by atoms with Gasteiger partial charge in [-0.3, -0.25) is 0 Å². The molecule has 0 unspecified atom stereocenters. The monoisotopic (exact) mass is 592 g/mol. The first-order chi connectivity index (χ1) is 8.99. The van der Waals surface area contributed by atoms with Crippen molar-refractivity contribution in [2.45, 2.75) is 0 Å². The van der Waals surface area contributed by atoms with Gasteiger partial charge >= 0.3 is 5.97 Å². The van der Waals surface area contributed by atoms with Gasteiger partial charge in [0.2, 0.25) is 0 Å². The number of halogens is 3. The average Bonchev–Trinajstić information content (AvgIpc) is 2.34. The Bertz CT molecular complexity index is 618. The van der Waals surface area contributed by atoms with Gasteiger partial charge in [-0.25, -0.2) is 4.79 Å². The van der Waals surface area contributed by atoms with Gasteiger partial charge in [-0.1, -0.05) is 12.1 Å². The van der Waals surface area contributed by atoms with Gasteiger partial charge in [-0.2, -0.15) is 0 Å². The molecule has 3 nitrogen and oxygen atoms in total. The number of aromatic hydroxyl groups is 1. The van der Waals surface area contributed by atoms with Crippen molar-refractivity contribution < 1.29 is 14.6 Å². The molecule has 0 aliphatic rings. The van der Waals surface area contributed by atoms with Crippen LogP contribution in [0.3, 0.4) is 0 Å². The molecule has 0 atom stereocenters. The number of phenolic OH excluding ortho intramolecular Hbond substituents is 1. The Morgan fingerprint density at radius 1 is 1.05 bits per heavy atom. The third kappa shape index (κ3) is 3.72. The van der Waals surface area contributed by atoms with Crippen LogP contribution in [0.4, 0.5) is 0 Å². The highest BCUT2D eigenvalue weighted by Crippen LogP contribution is 2.30. The van der Waals surface area contributed by atoms with Crippen LogP contribution in [-0.4, -0.2) is 11.1 Å². The molecule has 0 bridgehead atoms. The zero-order valence-corrected chi connectivity index (χ0v) is 15.8. The predicted octanol–water partition coefficient (Wildman–Crippen LogP) is 4.43. The van der Waals surface area contributed by atoms with Gasteiger partial charge in [-0.15, -0.1) is 0 Å². The number of carbonyl (C=O) groups is 1. The van der Waals surface area contributed by atoms with Crippen LogP contribution in [0, 0.1) is 10.7 Å². The first-order valence-electron chi connectivity index (χ1n) is 5.13. The lowest BCUT2D eigenvalue weighted by molar-refractivity contribution is 0.0729. The summed E-state index contributed by atoms with van der Waals surface area (Å²) in [6.07, 6.45) is 0. The number of hydrogen-bond donors (Lipinski definition) is 1. The summed E-state index contributed by atoms with van der Waals surface area (Å²) >= 11 is 6.46. The lowest BCUT2D eigenvalue weighted by atomic mass is 10.2. The summed E-state index contributed by atoms with van der Waals surface area (Å²) in [5.74, 6) is -0.118. The van der Waals surface area contributed by atoms with Gasteiger partial charge in [-0.05, 0) is 92.0 Å². The van der Waals surface area contributed by atoms with E-state index in [2.05, 4.69) is 67.8 Å². The number of esters is 1. The van der Waals surface area contributed by atoms with E-state index >= 15 is 0 Å². The molecule has 98 valence electrons. The normalized spacial score (nSPS) is 10.3. The minimum absolute atomic E-state index is 0.0805. The molecule has 0 aliphatic carbocycles. The Balaban J connectivity index is 2.32. The van der Waals surface area contributed by atoms with Crippen molar-refractivity contribution in [2.24, 2.45) is 0 Å². The molecule has 0 aliphatic heterocycles. The smallest absolute Gasteiger partial charge is 0.347 e. The second-order valence-corrected chi connectivity index (χ2v) is 7.18. The fraction of sp³-hybridized carbons (Fsp3) is 0. The first-order valence-corrected chi connectivity index (χ1v) is 8.37. The molecule has 19 heavy (non-hydrogen) atoms. The number of benzene rings is 2. The largest absolute Gasteiger partial charge is 0.507 e. The number of ether oxygens (including phenoxy) is 1. The summed E-state index contributed by atoms with van der Waals surface area (Å²) in [7, 11) is 0. The molecule has 2 aromatic carbocycles. The first kappa shape index (κ1) is 15.3. The van der Waals surface area contributed by atoms with Crippen LogP contribution in [-0.2, 0) is 0 Å². The third-order valence-corrected chi connectivity index (χ3v) is 4.51. The van der Waals surface area contributed by atoms with Crippen LogP contribution < -0.4 is 4.74 Å². The molecule has 0 radical (unpaired) electrons. The predicted molar refractivity (Wildman–Crippen MR) is 97.7 cm³/mol. The van der Waals surface area contributed by atoms with Gasteiger partial charge in [0.05, 0.1) is 7.14 Å². The molecule has 2 rings (SSSR count). The number of hydrogen-bond acceptors (Lipinski definition) is 3. The van der Waals surface area contributed by atoms with Crippen molar-refractivity contribution in [2.75, 3.05) is 0 Å². The van der Waals surface area contributed by atoms with E-state index in [1.165, 1.54) is 12.1 Å². The maximum atomic E-state index is 12.0. The molecule has 6 heteroatoms. The van der Waals surface area contributed by atoms with E-state index in [4.69, 9.17) is 4.74 Å². The van der Waals surface area contributed by atoms with Crippen LogP contribution in [0.25, 0.3) is 0 Å². The Morgan fingerprint density at radius 2 is 1.63 bits per heavy atom. The van der Waals surface area contributed by atoms with Crippen LogP contribution in [0.2, 0.25) is 0 Å². The summed E-state index contributed by atoms with van der Waals surface area (Å²) < 4.78 is 8.18. The molecule has 0 saturated heterocycles. The van der Waals surface area contributed by atoms with Gasteiger partial charge in [0, 0.05) is 3.57 Å². The van der Waals surface area contributed by atoms with Crippen molar-refractivity contribution in [3.8, 4) is 11.5 Å². The van der Waals surface area contributed by atoms with E-state index in [-0.39, 0.29) is 11.3 Å². The Hall–Kier alpha value is -0.100. The lowest BCUT2D eigenvalue weighted by Crippen LogP contribution is -2.10. The van der Waals surface area contributed by atoms with Gasteiger partial charge in [0.25, 0.3) is 0 Å². The number of rotatable bonds is 2. The van der Waals surface area contributed by atoms with Crippen LogP contribution >= 0.6 is 67.8 Å². The van der Waals surface area contributed by atoms with Crippen molar-refractivity contribution in [1.82, 2.24) is 0 Å². The highest BCUT2D eigenvalue weighted by atomic mass is 127. The van der Waals surface area contributed by atoms with E-state index in [0.29, 0.717) is 5.75 Å². The van der Waals surface area contributed by atoms with Crippen LogP contribution in [0.1, 0.15) is 10.4 Å². The third-order valence-electron chi connectivity index (χ3n) is 2.28. The highest BCUT2D eigenvalue weighted by molar-refractivity contribution is 14.1. The number of phenols is 1. The zero-order chi connectivity index (χ0) is 14.0. The topological polar surface area (TPSA) is 46.5 Å². The SMILES string of the molecule is O=C(Oc1c(I)cc(I)cc1I)c1ccccc1O. The van der Waals surface area contributed by atoms with E-state index in [9.17, 15) is 9.90 Å². The van der Waals surface area contributed by atoms with E-state index < -0.39 is 5.97 Å². The fourth-order valence-electron chi connectivity index (χ4n) is 1.42. The summed E-state index contributed by atoms with van der Waals surface area (Å²) in [6.45, 7) is 0. The summed E-state index contributed by atoms with van der Waals surface area (Å²) in [4.78, 5) is 12.0. The fourth-order valence-corrected chi connectivity index (χ4v) is 5.22. The average molecular weight is 592 g/mol. The van der Waals surface area contributed by atoms with Crippen LogP contribution in [0.5, 0.6) is 11.5 Å². The Kier molecular flexibility index (Phi) is 5.29. The minimum Gasteiger partial charge on any atom is -0.507 e. The molecule has 0 amide bonds. The van der Waals surface area contributed by atoms with Crippen molar-refractivity contribution in [3.63, 3.8) is 0 Å². The highest BCUT2D eigenvalue weighted by Gasteiger charge is 2.16. The van der Waals surface area contributed by atoms with E-state index in [1.807, 2.05) is 12.1 Å². The molecule has 1 N–H and O–H groups in total. The molecular formula is C13H7I3O3. The zero-order valence-electron chi connectivity index (χ0n) is 9.36. The Labute approximate surface area is 151 Å². The molecule has 2 aromatic rings. The molecule has 0 heterocycles. The summed E-state index contributed by atoms with van der Waals surface area (Å²) in [6, 6.07) is 10.2. The second-order valence-electron chi connectivity index (χ2n) is 3.61. The molecule has 0 fully saturated rings. The van der Waals surface area contributed by atoms with Gasteiger partial charge in [0.15, 0.2) is 5.75 Å². The standard InChI is InChI=1S/C13H7I3O3/c14-7-5-9(15)12(10(16)6-7)19-13(18)8-3-1-2-4-11(8)17/h1-6,17H. The molecule has 0 saturated carbocycles. The van der Waals surface area contributed by atoms with Crippen molar-refractivity contribution >= 4 is 73.7 Å². The quantitative estimate of drug-likeness (QED) is 0.320. The summed E-state index contributed by atoms with van der Waals surface area (Å²) in [5.41, 5.74) is 0.160. The van der Waals surface area contributed by atoms with Crippen molar-refractivity contribution in [1.29, 1.82) is 0 Å². The van der Waals surface area contributed by atoms with Gasteiger partial charge < -0.3 is 9.84 Å². The van der Waals surface area contributed by atoms with E-state index in [0.717, 1.165) is 10.7 Å². The second kappa shape index (κ2) is 6.57.